The average Bonchev–Trinajstić information content (AvgIpc) is 2.47. The van der Waals surface area contributed by atoms with Gasteiger partial charge in [0.25, 0.3) is 0 Å². The van der Waals surface area contributed by atoms with Crippen LogP contribution in [0.25, 0.3) is 0 Å². The van der Waals surface area contributed by atoms with Gasteiger partial charge < -0.3 is 10.2 Å². The van der Waals surface area contributed by atoms with Gasteiger partial charge in [-0.3, -0.25) is 4.90 Å². The third kappa shape index (κ3) is 3.81. The molecular weight excluding hydrogens is 246 g/mol. The molecule has 112 valence electrons. The van der Waals surface area contributed by atoms with E-state index in [1.54, 1.807) is 0 Å². The fourth-order valence-corrected chi connectivity index (χ4v) is 3.03. The Hall–Kier alpha value is -0.900. The summed E-state index contributed by atoms with van der Waals surface area (Å²) in [5.74, 6) is 0. The number of benzene rings is 1. The summed E-state index contributed by atoms with van der Waals surface area (Å²) in [6.07, 6.45) is 1.11. The van der Waals surface area contributed by atoms with Crippen LogP contribution in [0, 0.1) is 0 Å². The van der Waals surface area contributed by atoms with Crippen molar-refractivity contribution in [3.8, 4) is 0 Å². The van der Waals surface area contributed by atoms with Gasteiger partial charge in [0.05, 0.1) is 0 Å². The Labute approximate surface area is 124 Å². The molecule has 1 heterocycles. The number of piperazine rings is 1. The van der Waals surface area contributed by atoms with Crippen molar-refractivity contribution >= 4 is 0 Å². The molecule has 2 atom stereocenters. The summed E-state index contributed by atoms with van der Waals surface area (Å²) in [5, 5.41) is 3.48. The van der Waals surface area contributed by atoms with Gasteiger partial charge in [0.1, 0.15) is 0 Å². The minimum Gasteiger partial charge on any atom is -0.312 e. The van der Waals surface area contributed by atoms with Crippen molar-refractivity contribution < 1.29 is 0 Å². The molecule has 1 aliphatic rings. The molecule has 0 radical (unpaired) electrons. The summed E-state index contributed by atoms with van der Waals surface area (Å²) in [4.78, 5) is 5.03. The first kappa shape index (κ1) is 15.5. The van der Waals surface area contributed by atoms with Gasteiger partial charge in [-0.2, -0.15) is 0 Å². The molecule has 3 heteroatoms. The van der Waals surface area contributed by atoms with Gasteiger partial charge in [0, 0.05) is 38.3 Å². The number of hydrogen-bond acceptors (Lipinski definition) is 3. The van der Waals surface area contributed by atoms with Crippen molar-refractivity contribution in [1.29, 1.82) is 0 Å². The van der Waals surface area contributed by atoms with Crippen LogP contribution in [0.15, 0.2) is 24.3 Å². The van der Waals surface area contributed by atoms with E-state index >= 15 is 0 Å². The predicted octanol–water partition coefficient (Wildman–Crippen LogP) is 2.15. The number of nitrogens with one attached hydrogen (secondary N) is 1. The zero-order valence-corrected chi connectivity index (χ0v) is 13.4. The van der Waals surface area contributed by atoms with Gasteiger partial charge in [-0.1, -0.05) is 31.2 Å². The lowest BCUT2D eigenvalue weighted by Crippen LogP contribution is -2.52. The Kier molecular flexibility index (Phi) is 5.58. The van der Waals surface area contributed by atoms with Gasteiger partial charge in [0.15, 0.2) is 0 Å². The molecule has 1 fully saturated rings. The quantitative estimate of drug-likeness (QED) is 0.888. The van der Waals surface area contributed by atoms with E-state index in [1.807, 2.05) is 0 Å². The van der Waals surface area contributed by atoms with E-state index in [2.05, 4.69) is 67.3 Å². The fourth-order valence-electron chi connectivity index (χ4n) is 3.03. The Bertz CT molecular complexity index is 401. The van der Waals surface area contributed by atoms with Gasteiger partial charge in [0.2, 0.25) is 0 Å². The first-order valence-electron chi connectivity index (χ1n) is 7.82. The van der Waals surface area contributed by atoms with Crippen LogP contribution in [0.2, 0.25) is 0 Å². The number of rotatable bonds is 5. The van der Waals surface area contributed by atoms with Crippen molar-refractivity contribution in [3.63, 3.8) is 0 Å². The van der Waals surface area contributed by atoms with E-state index in [4.69, 9.17) is 0 Å². The monoisotopic (exact) mass is 275 g/mol. The summed E-state index contributed by atoms with van der Waals surface area (Å²) in [7, 11) is 4.28. The van der Waals surface area contributed by atoms with Crippen molar-refractivity contribution in [2.24, 2.45) is 0 Å². The fraction of sp³-hybridized carbons (Fsp3) is 0.647. The van der Waals surface area contributed by atoms with Crippen LogP contribution in [0.1, 0.15) is 31.0 Å². The van der Waals surface area contributed by atoms with Crippen LogP contribution in [-0.4, -0.2) is 56.1 Å². The molecule has 1 N–H and O–H groups in total. The molecule has 0 saturated carbocycles. The molecule has 1 saturated heterocycles. The molecule has 20 heavy (non-hydrogen) atoms. The van der Waals surface area contributed by atoms with Crippen LogP contribution >= 0.6 is 0 Å². The van der Waals surface area contributed by atoms with Gasteiger partial charge >= 0.3 is 0 Å². The van der Waals surface area contributed by atoms with Crippen molar-refractivity contribution in [2.75, 3.05) is 40.3 Å². The number of hydrogen-bond donors (Lipinski definition) is 1. The van der Waals surface area contributed by atoms with E-state index in [1.165, 1.54) is 30.8 Å². The van der Waals surface area contributed by atoms with E-state index in [9.17, 15) is 0 Å². The SMILES string of the molecule is CCc1ccc(C(CN2CCN(C)CC2C)NC)cc1. The molecule has 0 aromatic heterocycles. The van der Waals surface area contributed by atoms with E-state index in [-0.39, 0.29) is 0 Å². The highest BCUT2D eigenvalue weighted by atomic mass is 15.3. The van der Waals surface area contributed by atoms with Crippen LogP contribution in [0.4, 0.5) is 0 Å². The maximum Gasteiger partial charge on any atom is 0.0447 e. The number of likely N-dealkylation sites (N-methyl/N-ethyl adjacent to an activating group) is 2. The van der Waals surface area contributed by atoms with Crippen LogP contribution in [0.3, 0.4) is 0 Å². The third-order valence-corrected chi connectivity index (χ3v) is 4.52. The molecule has 0 amide bonds. The van der Waals surface area contributed by atoms with E-state index in [0.717, 1.165) is 13.0 Å². The van der Waals surface area contributed by atoms with Crippen LogP contribution in [0.5, 0.6) is 0 Å². The molecule has 1 aromatic rings. The maximum absolute atomic E-state index is 3.48. The summed E-state index contributed by atoms with van der Waals surface area (Å²) >= 11 is 0. The molecule has 1 aliphatic heterocycles. The zero-order valence-electron chi connectivity index (χ0n) is 13.4. The topological polar surface area (TPSA) is 18.5 Å². The molecule has 2 unspecified atom stereocenters. The van der Waals surface area contributed by atoms with Crippen molar-refractivity contribution in [2.45, 2.75) is 32.4 Å². The second-order valence-electron chi connectivity index (χ2n) is 6.04. The smallest absolute Gasteiger partial charge is 0.0447 e. The first-order valence-corrected chi connectivity index (χ1v) is 7.82. The maximum atomic E-state index is 3.48. The molecule has 0 spiro atoms. The summed E-state index contributed by atoms with van der Waals surface area (Å²) in [6.45, 7) is 9.15. The molecular formula is C17H29N3. The first-order chi connectivity index (χ1) is 9.63. The van der Waals surface area contributed by atoms with Crippen molar-refractivity contribution in [1.82, 2.24) is 15.1 Å². The largest absolute Gasteiger partial charge is 0.312 e. The molecule has 0 aliphatic carbocycles. The Morgan fingerprint density at radius 1 is 1.25 bits per heavy atom. The molecule has 1 aromatic carbocycles. The lowest BCUT2D eigenvalue weighted by Gasteiger charge is -2.40. The predicted molar refractivity (Wildman–Crippen MR) is 86.2 cm³/mol. The highest BCUT2D eigenvalue weighted by Gasteiger charge is 2.24. The zero-order chi connectivity index (χ0) is 14.5. The lowest BCUT2D eigenvalue weighted by atomic mass is 10.0. The lowest BCUT2D eigenvalue weighted by molar-refractivity contribution is 0.0913. The minimum absolute atomic E-state index is 0.423. The third-order valence-electron chi connectivity index (χ3n) is 4.52. The summed E-state index contributed by atoms with van der Waals surface area (Å²) in [6, 6.07) is 10.1. The Morgan fingerprint density at radius 2 is 1.95 bits per heavy atom. The van der Waals surface area contributed by atoms with Crippen LogP contribution in [-0.2, 0) is 6.42 Å². The standard InChI is InChI=1S/C17H29N3/c1-5-15-6-8-16(9-7-15)17(18-3)13-20-11-10-19(4)12-14(20)2/h6-9,14,17-18H,5,10-13H2,1-4H3. The van der Waals surface area contributed by atoms with Gasteiger partial charge in [-0.25, -0.2) is 0 Å². The molecule has 3 nitrogen and oxygen atoms in total. The van der Waals surface area contributed by atoms with Gasteiger partial charge in [-0.05, 0) is 38.6 Å². The Morgan fingerprint density at radius 3 is 2.50 bits per heavy atom. The Balaban J connectivity index is 2.00. The molecule has 0 bridgehead atoms. The van der Waals surface area contributed by atoms with Gasteiger partial charge in [-0.15, -0.1) is 0 Å². The minimum atomic E-state index is 0.423. The highest BCUT2D eigenvalue weighted by Crippen LogP contribution is 2.18. The molecule has 2 rings (SSSR count). The van der Waals surface area contributed by atoms with E-state index in [0.29, 0.717) is 12.1 Å². The number of aryl methyl sites for hydroxylation is 1. The number of nitrogens with zero attached hydrogens (tertiary/aromatic N) is 2. The second-order valence-corrected chi connectivity index (χ2v) is 6.04. The second kappa shape index (κ2) is 7.21. The average molecular weight is 275 g/mol. The van der Waals surface area contributed by atoms with Crippen molar-refractivity contribution in [3.05, 3.63) is 35.4 Å². The normalized spacial score (nSPS) is 22.9. The van der Waals surface area contributed by atoms with E-state index < -0.39 is 0 Å². The summed E-state index contributed by atoms with van der Waals surface area (Å²) in [5.41, 5.74) is 2.81. The van der Waals surface area contributed by atoms with Crippen LogP contribution < -0.4 is 5.32 Å². The summed E-state index contributed by atoms with van der Waals surface area (Å²) < 4.78 is 0. The highest BCUT2D eigenvalue weighted by molar-refractivity contribution is 5.25.